The van der Waals surface area contributed by atoms with Crippen molar-refractivity contribution in [2.75, 3.05) is 0 Å². The summed E-state index contributed by atoms with van der Waals surface area (Å²) in [5.41, 5.74) is 4.88. The first-order chi connectivity index (χ1) is 9.06. The van der Waals surface area contributed by atoms with Gasteiger partial charge in [0.05, 0.1) is 6.16 Å². The van der Waals surface area contributed by atoms with Gasteiger partial charge in [0.2, 0.25) is 8.38 Å². The SMILES string of the molecule is Cc1cc(C)c(CP(O)Oc2ccccc2)c(C)c1. The molecule has 0 bridgehead atoms. The van der Waals surface area contributed by atoms with Crippen molar-refractivity contribution >= 4 is 8.38 Å². The Labute approximate surface area is 116 Å². The molecule has 1 unspecified atom stereocenters. The van der Waals surface area contributed by atoms with Crippen molar-refractivity contribution in [1.82, 2.24) is 0 Å². The highest BCUT2D eigenvalue weighted by atomic mass is 31.2. The molecule has 3 heteroatoms. The zero-order valence-corrected chi connectivity index (χ0v) is 12.4. The molecule has 0 aliphatic heterocycles. The molecule has 0 fully saturated rings. The predicted octanol–water partition coefficient (Wildman–Crippen LogP) is 4.50. The summed E-state index contributed by atoms with van der Waals surface area (Å²) in [6.45, 7) is 6.26. The summed E-state index contributed by atoms with van der Waals surface area (Å²) in [4.78, 5) is 10.1. The topological polar surface area (TPSA) is 29.5 Å². The van der Waals surface area contributed by atoms with Crippen LogP contribution in [0.3, 0.4) is 0 Å². The lowest BCUT2D eigenvalue weighted by Gasteiger charge is -2.16. The molecule has 2 aromatic rings. The minimum absolute atomic E-state index is 0.572. The standard InChI is InChI=1S/C16H19O2P/c1-12-9-13(2)16(14(3)10-12)11-19(17)18-15-7-5-4-6-8-15/h4-10,17H,11H2,1-3H3. The van der Waals surface area contributed by atoms with Gasteiger partial charge >= 0.3 is 0 Å². The first kappa shape index (κ1) is 14.0. The van der Waals surface area contributed by atoms with Gasteiger partial charge < -0.3 is 9.42 Å². The third-order valence-corrected chi connectivity index (χ3v) is 4.10. The van der Waals surface area contributed by atoms with Gasteiger partial charge in [-0.1, -0.05) is 35.9 Å². The summed E-state index contributed by atoms with van der Waals surface area (Å²) in [7, 11) is -1.48. The Hall–Kier alpha value is -1.37. The number of hydrogen-bond donors (Lipinski definition) is 1. The molecule has 0 aliphatic rings. The molecule has 19 heavy (non-hydrogen) atoms. The van der Waals surface area contributed by atoms with Gasteiger partial charge in [-0.3, -0.25) is 0 Å². The zero-order valence-electron chi connectivity index (χ0n) is 11.6. The van der Waals surface area contributed by atoms with E-state index in [0.717, 1.165) is 5.75 Å². The Kier molecular flexibility index (Phi) is 4.57. The van der Waals surface area contributed by atoms with Crippen LogP contribution < -0.4 is 4.52 Å². The molecular weight excluding hydrogens is 255 g/mol. The predicted molar refractivity (Wildman–Crippen MR) is 80.6 cm³/mol. The highest BCUT2D eigenvalue weighted by Crippen LogP contribution is 2.39. The van der Waals surface area contributed by atoms with Gasteiger partial charge in [0, 0.05) is 0 Å². The molecule has 0 radical (unpaired) electrons. The summed E-state index contributed by atoms with van der Waals surface area (Å²) >= 11 is 0. The number of hydrogen-bond acceptors (Lipinski definition) is 2. The highest BCUT2D eigenvalue weighted by molar-refractivity contribution is 7.45. The molecule has 2 rings (SSSR count). The van der Waals surface area contributed by atoms with Gasteiger partial charge in [-0.25, -0.2) is 0 Å². The molecule has 0 amide bonds. The number of aryl methyl sites for hydroxylation is 3. The monoisotopic (exact) mass is 274 g/mol. The normalized spacial score (nSPS) is 12.2. The van der Waals surface area contributed by atoms with Crippen LogP contribution in [0.2, 0.25) is 0 Å². The second kappa shape index (κ2) is 6.18. The summed E-state index contributed by atoms with van der Waals surface area (Å²) in [5.74, 6) is 0.721. The smallest absolute Gasteiger partial charge is 0.232 e. The molecule has 2 nitrogen and oxygen atoms in total. The zero-order chi connectivity index (χ0) is 13.8. The van der Waals surface area contributed by atoms with E-state index in [0.29, 0.717) is 6.16 Å². The average molecular weight is 274 g/mol. The lowest BCUT2D eigenvalue weighted by molar-refractivity contribution is 0.485. The fourth-order valence-electron chi connectivity index (χ4n) is 2.23. The van der Waals surface area contributed by atoms with Crippen LogP contribution in [-0.2, 0) is 6.16 Å². The highest BCUT2D eigenvalue weighted by Gasteiger charge is 2.13. The van der Waals surface area contributed by atoms with E-state index in [-0.39, 0.29) is 0 Å². The van der Waals surface area contributed by atoms with Crippen LogP contribution in [0.1, 0.15) is 22.3 Å². The van der Waals surface area contributed by atoms with E-state index >= 15 is 0 Å². The van der Waals surface area contributed by atoms with Crippen molar-refractivity contribution in [3.05, 3.63) is 64.7 Å². The van der Waals surface area contributed by atoms with Crippen molar-refractivity contribution in [2.45, 2.75) is 26.9 Å². The van der Waals surface area contributed by atoms with Crippen LogP contribution in [0.15, 0.2) is 42.5 Å². The van der Waals surface area contributed by atoms with Gasteiger partial charge in [-0.15, -0.1) is 0 Å². The van der Waals surface area contributed by atoms with E-state index < -0.39 is 8.38 Å². The van der Waals surface area contributed by atoms with Crippen molar-refractivity contribution in [2.24, 2.45) is 0 Å². The van der Waals surface area contributed by atoms with Crippen LogP contribution in [0, 0.1) is 20.8 Å². The Morgan fingerprint density at radius 3 is 2.16 bits per heavy atom. The lowest BCUT2D eigenvalue weighted by Crippen LogP contribution is -1.97. The molecule has 0 saturated heterocycles. The third kappa shape index (κ3) is 3.79. The molecule has 100 valence electrons. The first-order valence-corrected chi connectivity index (χ1v) is 7.72. The molecule has 0 heterocycles. The molecule has 0 saturated carbocycles. The molecule has 2 aromatic carbocycles. The van der Waals surface area contributed by atoms with Gasteiger partial charge in [0.1, 0.15) is 5.75 Å². The largest absolute Gasteiger partial charge is 0.447 e. The van der Waals surface area contributed by atoms with Gasteiger partial charge in [0.25, 0.3) is 0 Å². The van der Waals surface area contributed by atoms with Gasteiger partial charge in [0.15, 0.2) is 0 Å². The molecular formula is C16H19O2P. The van der Waals surface area contributed by atoms with Crippen LogP contribution in [0.5, 0.6) is 5.75 Å². The van der Waals surface area contributed by atoms with Crippen molar-refractivity contribution in [1.29, 1.82) is 0 Å². The molecule has 0 spiro atoms. The van der Waals surface area contributed by atoms with Gasteiger partial charge in [-0.2, -0.15) is 0 Å². The summed E-state index contributed by atoms with van der Waals surface area (Å²) in [5, 5.41) is 0. The number of para-hydroxylation sites is 1. The summed E-state index contributed by atoms with van der Waals surface area (Å²) in [6.07, 6.45) is 0.572. The summed E-state index contributed by atoms with van der Waals surface area (Å²) in [6, 6.07) is 13.8. The van der Waals surface area contributed by atoms with Crippen LogP contribution >= 0.6 is 8.38 Å². The van der Waals surface area contributed by atoms with Crippen LogP contribution in [0.4, 0.5) is 0 Å². The Balaban J connectivity index is 2.09. The van der Waals surface area contributed by atoms with E-state index in [4.69, 9.17) is 4.52 Å². The Bertz CT molecular complexity index is 529. The number of benzene rings is 2. The van der Waals surface area contributed by atoms with E-state index in [1.54, 1.807) is 0 Å². The Morgan fingerprint density at radius 1 is 1.00 bits per heavy atom. The van der Waals surface area contributed by atoms with E-state index in [1.165, 1.54) is 22.3 Å². The summed E-state index contributed by atoms with van der Waals surface area (Å²) < 4.78 is 5.58. The molecule has 0 aliphatic carbocycles. The lowest BCUT2D eigenvalue weighted by atomic mass is 10.0. The fourth-order valence-corrected chi connectivity index (χ4v) is 3.43. The maximum atomic E-state index is 10.1. The minimum Gasteiger partial charge on any atom is -0.447 e. The van der Waals surface area contributed by atoms with E-state index in [9.17, 15) is 4.89 Å². The van der Waals surface area contributed by atoms with Crippen LogP contribution in [-0.4, -0.2) is 4.89 Å². The fraction of sp³-hybridized carbons (Fsp3) is 0.250. The second-order valence-electron chi connectivity index (χ2n) is 4.79. The molecule has 1 N–H and O–H groups in total. The van der Waals surface area contributed by atoms with Crippen molar-refractivity contribution < 1.29 is 9.42 Å². The quantitative estimate of drug-likeness (QED) is 0.832. The third-order valence-electron chi connectivity index (χ3n) is 3.09. The second-order valence-corrected chi connectivity index (χ2v) is 6.00. The maximum Gasteiger partial charge on any atom is 0.232 e. The van der Waals surface area contributed by atoms with Gasteiger partial charge in [-0.05, 0) is 49.6 Å². The van der Waals surface area contributed by atoms with Crippen molar-refractivity contribution in [3.8, 4) is 5.75 Å². The van der Waals surface area contributed by atoms with E-state index in [1.807, 2.05) is 30.3 Å². The van der Waals surface area contributed by atoms with Crippen molar-refractivity contribution in [3.63, 3.8) is 0 Å². The molecule has 1 atom stereocenters. The number of rotatable bonds is 4. The maximum absolute atomic E-state index is 10.1. The average Bonchev–Trinajstić information content (AvgIpc) is 2.35. The first-order valence-electron chi connectivity index (χ1n) is 6.32. The van der Waals surface area contributed by atoms with E-state index in [2.05, 4.69) is 32.9 Å². The Morgan fingerprint density at radius 2 is 1.58 bits per heavy atom. The van der Waals surface area contributed by atoms with Crippen LogP contribution in [0.25, 0.3) is 0 Å². The molecule has 0 aromatic heterocycles. The minimum atomic E-state index is -1.48.